The van der Waals surface area contributed by atoms with E-state index in [1.807, 2.05) is 26.8 Å². The molecule has 4 heteroatoms. The Morgan fingerprint density at radius 1 is 1.45 bits per heavy atom. The maximum Gasteiger partial charge on any atom is 0.320 e. The van der Waals surface area contributed by atoms with Crippen molar-refractivity contribution >= 4 is 11.7 Å². The van der Waals surface area contributed by atoms with Crippen LogP contribution in [-0.4, -0.2) is 25.2 Å². The van der Waals surface area contributed by atoms with Crippen LogP contribution in [0.1, 0.15) is 49.9 Å². The highest BCUT2D eigenvalue weighted by Crippen LogP contribution is 2.33. The number of rotatable bonds is 7. The zero-order chi connectivity index (χ0) is 16.1. The van der Waals surface area contributed by atoms with Crippen LogP contribution in [0.3, 0.4) is 0 Å². The molecule has 4 nitrogen and oxygen atoms in total. The molecule has 1 aliphatic rings. The van der Waals surface area contributed by atoms with Crippen LogP contribution in [0.15, 0.2) is 24.8 Å². The highest BCUT2D eigenvalue weighted by molar-refractivity contribution is 5.72. The second-order valence-corrected chi connectivity index (χ2v) is 5.78. The number of carbonyl (C=O) groups is 1. The second-order valence-electron chi connectivity index (χ2n) is 5.78. The van der Waals surface area contributed by atoms with Gasteiger partial charge < -0.3 is 14.8 Å². The van der Waals surface area contributed by atoms with Crippen molar-refractivity contribution in [3.63, 3.8) is 0 Å². The number of carbonyl (C=O) groups excluding carboxylic acids is 1. The molecule has 0 aromatic heterocycles. The molecule has 22 heavy (non-hydrogen) atoms. The number of nitrogens with one attached hydrogen (secondary N) is 1. The molecule has 1 aliphatic carbocycles. The van der Waals surface area contributed by atoms with Crippen molar-refractivity contribution in [3.05, 3.63) is 41.5 Å². The summed E-state index contributed by atoms with van der Waals surface area (Å²) in [4.78, 5) is 11.6. The smallest absolute Gasteiger partial charge is 0.320 e. The van der Waals surface area contributed by atoms with E-state index in [1.165, 1.54) is 11.1 Å². The third kappa shape index (κ3) is 4.10. The van der Waals surface area contributed by atoms with Crippen LogP contribution < -0.4 is 5.32 Å². The predicted molar refractivity (Wildman–Crippen MR) is 87.4 cm³/mol. The Bertz CT molecular complexity index is 551. The largest absolute Gasteiger partial charge is 0.494 e. The molecule has 120 valence electrons. The molecule has 1 N–H and O–H groups in total. The van der Waals surface area contributed by atoms with Crippen molar-refractivity contribution in [2.45, 2.75) is 45.8 Å². The first kappa shape index (κ1) is 16.6. The summed E-state index contributed by atoms with van der Waals surface area (Å²) in [5, 5.41) is 3.29. The summed E-state index contributed by atoms with van der Waals surface area (Å²) in [6.45, 7) is 10.5. The minimum Gasteiger partial charge on any atom is -0.494 e. The van der Waals surface area contributed by atoms with Gasteiger partial charge in [-0.15, -0.1) is 0 Å². The van der Waals surface area contributed by atoms with E-state index < -0.39 is 0 Å². The Hall–Kier alpha value is -1.81. The molecule has 2 rings (SSSR count). The first-order chi connectivity index (χ1) is 10.5. The fourth-order valence-electron chi connectivity index (χ4n) is 2.77. The highest BCUT2D eigenvalue weighted by Gasteiger charge is 2.23. The summed E-state index contributed by atoms with van der Waals surface area (Å²) >= 11 is 0. The van der Waals surface area contributed by atoms with Gasteiger partial charge in [0.25, 0.3) is 0 Å². The number of ether oxygens (including phenoxy) is 2. The molecular formula is C18H25NO3. The number of fused-ring (bicyclic) bond motifs is 1. The fourth-order valence-corrected chi connectivity index (χ4v) is 2.77. The number of hydrogen-bond acceptors (Lipinski definition) is 4. The first-order valence-electron chi connectivity index (χ1n) is 7.89. The predicted octanol–water partition coefficient (Wildman–Crippen LogP) is 3.22. The van der Waals surface area contributed by atoms with Gasteiger partial charge in [0.05, 0.1) is 19.3 Å². The zero-order valence-corrected chi connectivity index (χ0v) is 13.6. The van der Waals surface area contributed by atoms with Crippen molar-refractivity contribution in [2.75, 3.05) is 13.2 Å². The normalized spacial score (nSPS) is 16.5. The van der Waals surface area contributed by atoms with Gasteiger partial charge in [-0.25, -0.2) is 0 Å². The van der Waals surface area contributed by atoms with Gasteiger partial charge >= 0.3 is 5.97 Å². The Labute approximate surface area is 132 Å². The number of benzene rings is 1. The van der Waals surface area contributed by atoms with Crippen molar-refractivity contribution in [2.24, 2.45) is 0 Å². The van der Waals surface area contributed by atoms with Gasteiger partial charge in [-0.05, 0) is 50.8 Å². The molecule has 0 spiro atoms. The van der Waals surface area contributed by atoms with Gasteiger partial charge in [0.1, 0.15) is 5.76 Å². The molecule has 1 atom stereocenters. The van der Waals surface area contributed by atoms with E-state index in [9.17, 15) is 4.79 Å². The van der Waals surface area contributed by atoms with Crippen molar-refractivity contribution in [3.8, 4) is 0 Å². The van der Waals surface area contributed by atoms with Gasteiger partial charge in [-0.3, -0.25) is 4.79 Å². The summed E-state index contributed by atoms with van der Waals surface area (Å²) in [7, 11) is 0. The Morgan fingerprint density at radius 2 is 2.23 bits per heavy atom. The monoisotopic (exact) mass is 303 g/mol. The molecule has 0 fully saturated rings. The maximum absolute atomic E-state index is 11.6. The molecular weight excluding hydrogens is 278 g/mol. The van der Waals surface area contributed by atoms with Crippen LogP contribution in [0, 0.1) is 0 Å². The van der Waals surface area contributed by atoms with Crippen molar-refractivity contribution in [1.29, 1.82) is 0 Å². The summed E-state index contributed by atoms with van der Waals surface area (Å²) in [5.41, 5.74) is 3.58. The average molecular weight is 303 g/mol. The average Bonchev–Trinajstić information content (AvgIpc) is 2.87. The van der Waals surface area contributed by atoms with E-state index in [1.54, 1.807) is 0 Å². The third-order valence-corrected chi connectivity index (χ3v) is 3.72. The molecule has 1 aromatic carbocycles. The summed E-state index contributed by atoms with van der Waals surface area (Å²) < 4.78 is 10.6. The fraction of sp³-hybridized carbons (Fsp3) is 0.500. The molecule has 0 saturated heterocycles. The van der Waals surface area contributed by atoms with E-state index in [0.717, 1.165) is 18.4 Å². The summed E-state index contributed by atoms with van der Waals surface area (Å²) in [5.74, 6) is 0.506. The Morgan fingerprint density at radius 3 is 2.91 bits per heavy atom. The van der Waals surface area contributed by atoms with Crippen molar-refractivity contribution in [1.82, 2.24) is 5.32 Å². The van der Waals surface area contributed by atoms with Gasteiger partial charge in [0.2, 0.25) is 0 Å². The van der Waals surface area contributed by atoms with Crippen LogP contribution in [0.2, 0.25) is 0 Å². The lowest BCUT2D eigenvalue weighted by Crippen LogP contribution is -2.29. The molecule has 0 saturated carbocycles. The molecule has 0 radical (unpaired) electrons. The topological polar surface area (TPSA) is 47.6 Å². The van der Waals surface area contributed by atoms with E-state index in [4.69, 9.17) is 9.47 Å². The zero-order valence-electron chi connectivity index (χ0n) is 13.6. The number of aryl methyl sites for hydroxylation is 1. The van der Waals surface area contributed by atoms with Crippen molar-refractivity contribution < 1.29 is 14.3 Å². The Balaban J connectivity index is 1.98. The number of hydrogen-bond donors (Lipinski definition) is 1. The molecule has 0 aliphatic heterocycles. The van der Waals surface area contributed by atoms with E-state index in [-0.39, 0.29) is 24.7 Å². The molecule has 0 bridgehead atoms. The van der Waals surface area contributed by atoms with E-state index >= 15 is 0 Å². The van der Waals surface area contributed by atoms with Gasteiger partial charge in [0.15, 0.2) is 0 Å². The second kappa shape index (κ2) is 7.45. The minimum absolute atomic E-state index is 0.0719. The molecule has 0 amide bonds. The summed E-state index contributed by atoms with van der Waals surface area (Å²) in [6.07, 6.45) is 1.92. The van der Waals surface area contributed by atoms with Gasteiger partial charge in [0, 0.05) is 11.6 Å². The standard InChI is InChI=1S/C18H25NO3/c1-5-21-13(4)14-6-8-16-15(10-14)7-9-17(16)19-11-18(20)22-12(2)3/h6,8,10,12,17,19H,4-5,7,9,11H2,1-3H3. The van der Waals surface area contributed by atoms with Crippen LogP contribution in [-0.2, 0) is 20.7 Å². The third-order valence-electron chi connectivity index (χ3n) is 3.72. The summed E-state index contributed by atoms with van der Waals surface area (Å²) in [6, 6.07) is 6.49. The molecule has 1 aromatic rings. The van der Waals surface area contributed by atoms with Gasteiger partial charge in [-0.2, -0.15) is 0 Å². The lowest BCUT2D eigenvalue weighted by Gasteiger charge is -2.15. The van der Waals surface area contributed by atoms with Crippen LogP contribution in [0.25, 0.3) is 5.76 Å². The lowest BCUT2D eigenvalue weighted by atomic mass is 10.0. The molecule has 0 heterocycles. The van der Waals surface area contributed by atoms with E-state index in [2.05, 4.69) is 24.0 Å². The number of esters is 1. The molecule has 1 unspecified atom stereocenters. The lowest BCUT2D eigenvalue weighted by molar-refractivity contribution is -0.146. The van der Waals surface area contributed by atoms with Crippen LogP contribution in [0.4, 0.5) is 0 Å². The van der Waals surface area contributed by atoms with Crippen LogP contribution in [0.5, 0.6) is 0 Å². The van der Waals surface area contributed by atoms with Crippen LogP contribution >= 0.6 is 0 Å². The Kier molecular flexibility index (Phi) is 5.61. The van der Waals surface area contributed by atoms with E-state index in [0.29, 0.717) is 12.4 Å². The highest BCUT2D eigenvalue weighted by atomic mass is 16.5. The minimum atomic E-state index is -0.204. The quantitative estimate of drug-likeness (QED) is 0.620. The first-order valence-corrected chi connectivity index (χ1v) is 7.89. The maximum atomic E-state index is 11.6. The van der Waals surface area contributed by atoms with Gasteiger partial charge in [-0.1, -0.05) is 18.7 Å². The SMILES string of the molecule is C=C(OCC)c1ccc2c(c1)CCC2NCC(=O)OC(C)C.